The molecule has 3 rings (SSSR count). The van der Waals surface area contributed by atoms with Crippen molar-refractivity contribution in [3.63, 3.8) is 0 Å². The Labute approximate surface area is 162 Å². The molecule has 1 aromatic carbocycles. The van der Waals surface area contributed by atoms with Gasteiger partial charge < -0.3 is 9.47 Å². The van der Waals surface area contributed by atoms with E-state index in [-0.39, 0.29) is 36.8 Å². The molecular formula is C21H22FNO5. The minimum Gasteiger partial charge on any atom is -0.466 e. The van der Waals surface area contributed by atoms with Crippen LogP contribution in [0.2, 0.25) is 0 Å². The van der Waals surface area contributed by atoms with E-state index in [1.165, 1.54) is 18.2 Å². The Hall–Kier alpha value is -2.83. The second-order valence-corrected chi connectivity index (χ2v) is 6.84. The summed E-state index contributed by atoms with van der Waals surface area (Å²) in [5.41, 5.74) is 0.501. The summed E-state index contributed by atoms with van der Waals surface area (Å²) in [7, 11) is 0. The van der Waals surface area contributed by atoms with Crippen LogP contribution in [0.3, 0.4) is 0 Å². The number of nitrogens with zero attached hydrogens (tertiary/aromatic N) is 1. The molecule has 0 spiro atoms. The van der Waals surface area contributed by atoms with Crippen LogP contribution in [0.1, 0.15) is 49.5 Å². The molecule has 0 aromatic heterocycles. The van der Waals surface area contributed by atoms with Crippen LogP contribution < -0.4 is 0 Å². The van der Waals surface area contributed by atoms with Crippen LogP contribution in [-0.2, 0) is 25.5 Å². The van der Waals surface area contributed by atoms with Crippen LogP contribution in [0.15, 0.2) is 34.5 Å². The van der Waals surface area contributed by atoms with Crippen molar-refractivity contribution in [3.8, 4) is 0 Å². The molecule has 1 atom stereocenters. The SMILES string of the molecule is CCOC(=O)CC1=NC2=C(CCc3cc(F)ccc3C2=O)C1(C)C(=O)OCC. The normalized spacial score (nSPS) is 20.9. The molecule has 0 radical (unpaired) electrons. The van der Waals surface area contributed by atoms with Crippen molar-refractivity contribution in [1.82, 2.24) is 0 Å². The molecule has 6 nitrogen and oxygen atoms in total. The van der Waals surface area contributed by atoms with Crippen molar-refractivity contribution in [2.75, 3.05) is 13.2 Å². The van der Waals surface area contributed by atoms with E-state index in [0.717, 1.165) is 0 Å². The third-order valence-electron chi connectivity index (χ3n) is 5.19. The van der Waals surface area contributed by atoms with Crippen LogP contribution in [-0.4, -0.2) is 36.6 Å². The zero-order valence-electron chi connectivity index (χ0n) is 16.1. The highest BCUT2D eigenvalue weighted by Gasteiger charge is 2.51. The molecule has 0 fully saturated rings. The molecule has 2 aliphatic rings. The molecule has 0 saturated carbocycles. The average Bonchev–Trinajstić information content (AvgIpc) is 2.84. The predicted molar refractivity (Wildman–Crippen MR) is 99.5 cm³/mol. The number of benzene rings is 1. The van der Waals surface area contributed by atoms with Gasteiger partial charge in [0, 0.05) is 5.56 Å². The van der Waals surface area contributed by atoms with Crippen LogP contribution in [0, 0.1) is 11.2 Å². The lowest BCUT2D eigenvalue weighted by Crippen LogP contribution is -2.39. The largest absolute Gasteiger partial charge is 0.466 e. The standard InChI is InChI=1S/C21H22FNO5/c1-4-27-17(24)11-16-21(3,20(26)28-5-2)15-9-6-12-10-13(22)7-8-14(12)19(25)18(15)23-16/h7-8,10H,4-6,9,11H2,1-3H3. The number of hydrogen-bond donors (Lipinski definition) is 0. The van der Waals surface area contributed by atoms with Gasteiger partial charge in [-0.1, -0.05) is 0 Å². The maximum atomic E-state index is 13.6. The van der Waals surface area contributed by atoms with Gasteiger partial charge in [0.15, 0.2) is 0 Å². The molecule has 0 bridgehead atoms. The summed E-state index contributed by atoms with van der Waals surface area (Å²) >= 11 is 0. The Kier molecular flexibility index (Phi) is 5.45. The monoisotopic (exact) mass is 387 g/mol. The quantitative estimate of drug-likeness (QED) is 0.725. The fourth-order valence-electron chi connectivity index (χ4n) is 3.74. The summed E-state index contributed by atoms with van der Waals surface area (Å²) in [6.45, 7) is 5.35. The zero-order valence-corrected chi connectivity index (χ0v) is 16.1. The van der Waals surface area contributed by atoms with Crippen LogP contribution in [0.25, 0.3) is 0 Å². The summed E-state index contributed by atoms with van der Waals surface area (Å²) in [6.07, 6.45) is 0.511. The van der Waals surface area contributed by atoms with Gasteiger partial charge in [0.1, 0.15) is 16.9 Å². The number of Topliss-reactive ketones (excluding diaryl/α,β-unsaturated/α-hetero) is 1. The number of rotatable bonds is 5. The first-order valence-electron chi connectivity index (χ1n) is 9.30. The number of aliphatic imine (C=N–C) groups is 1. The van der Waals surface area contributed by atoms with E-state index in [1.54, 1.807) is 20.8 Å². The average molecular weight is 387 g/mol. The van der Waals surface area contributed by atoms with E-state index < -0.39 is 23.2 Å². The van der Waals surface area contributed by atoms with Gasteiger partial charge in [0.25, 0.3) is 0 Å². The van der Waals surface area contributed by atoms with E-state index in [9.17, 15) is 18.8 Å². The van der Waals surface area contributed by atoms with Crippen molar-refractivity contribution in [3.05, 3.63) is 46.4 Å². The topological polar surface area (TPSA) is 82.0 Å². The second-order valence-electron chi connectivity index (χ2n) is 6.84. The first-order chi connectivity index (χ1) is 13.3. The molecule has 0 amide bonds. The van der Waals surface area contributed by atoms with Crippen molar-refractivity contribution in [2.45, 2.75) is 40.0 Å². The highest BCUT2D eigenvalue weighted by molar-refractivity contribution is 6.22. The van der Waals surface area contributed by atoms with Crippen LogP contribution in [0.5, 0.6) is 0 Å². The zero-order chi connectivity index (χ0) is 20.5. The lowest BCUT2D eigenvalue weighted by molar-refractivity contribution is -0.148. The van der Waals surface area contributed by atoms with Gasteiger partial charge in [0.2, 0.25) is 5.78 Å². The predicted octanol–water partition coefficient (Wildman–Crippen LogP) is 3.19. The lowest BCUT2D eigenvalue weighted by atomic mass is 9.75. The number of aryl methyl sites for hydroxylation is 1. The van der Waals surface area contributed by atoms with Crippen molar-refractivity contribution in [2.24, 2.45) is 10.4 Å². The summed E-state index contributed by atoms with van der Waals surface area (Å²) in [4.78, 5) is 42.4. The smallest absolute Gasteiger partial charge is 0.321 e. The molecule has 1 unspecified atom stereocenters. The number of carbonyl (C=O) groups is 3. The summed E-state index contributed by atoms with van der Waals surface area (Å²) in [6, 6.07) is 3.99. The number of halogens is 1. The van der Waals surface area contributed by atoms with Gasteiger partial charge in [-0.05, 0) is 62.9 Å². The number of esters is 2. The number of fused-ring (bicyclic) bond motifs is 1. The van der Waals surface area contributed by atoms with E-state index in [1.807, 2.05) is 0 Å². The molecule has 1 aromatic rings. The molecule has 0 N–H and O–H groups in total. The van der Waals surface area contributed by atoms with Crippen molar-refractivity contribution >= 4 is 23.4 Å². The maximum absolute atomic E-state index is 13.6. The van der Waals surface area contributed by atoms with Crippen molar-refractivity contribution in [1.29, 1.82) is 0 Å². The van der Waals surface area contributed by atoms with E-state index in [4.69, 9.17) is 9.47 Å². The lowest BCUT2D eigenvalue weighted by Gasteiger charge is -2.27. The third-order valence-corrected chi connectivity index (χ3v) is 5.19. The highest BCUT2D eigenvalue weighted by atomic mass is 19.1. The summed E-state index contributed by atoms with van der Waals surface area (Å²) < 4.78 is 23.9. The maximum Gasteiger partial charge on any atom is 0.321 e. The number of carbonyl (C=O) groups excluding carboxylic acids is 3. The molecule has 1 aliphatic carbocycles. The van der Waals surface area contributed by atoms with Gasteiger partial charge in [-0.3, -0.25) is 19.4 Å². The molecule has 7 heteroatoms. The molecule has 1 aliphatic heterocycles. The fraction of sp³-hybridized carbons (Fsp3) is 0.429. The first kappa shape index (κ1) is 19.9. The molecular weight excluding hydrogens is 365 g/mol. The Balaban J connectivity index is 2.08. The van der Waals surface area contributed by atoms with Crippen LogP contribution >= 0.6 is 0 Å². The second kappa shape index (κ2) is 7.66. The van der Waals surface area contributed by atoms with Gasteiger partial charge in [-0.25, -0.2) is 4.39 Å². The van der Waals surface area contributed by atoms with Gasteiger partial charge in [0.05, 0.1) is 25.3 Å². The molecule has 0 saturated heterocycles. The molecule has 1 heterocycles. The fourth-order valence-corrected chi connectivity index (χ4v) is 3.74. The van der Waals surface area contributed by atoms with Crippen molar-refractivity contribution < 1.29 is 28.2 Å². The Morgan fingerprint density at radius 2 is 1.89 bits per heavy atom. The number of allylic oxidation sites excluding steroid dienone is 1. The van der Waals surface area contributed by atoms with Crippen LogP contribution in [0.4, 0.5) is 4.39 Å². The minimum absolute atomic E-state index is 0.139. The summed E-state index contributed by atoms with van der Waals surface area (Å²) in [5, 5.41) is 0. The number of ketones is 1. The molecule has 28 heavy (non-hydrogen) atoms. The number of ether oxygens (including phenoxy) is 2. The Morgan fingerprint density at radius 3 is 2.57 bits per heavy atom. The first-order valence-corrected chi connectivity index (χ1v) is 9.30. The third kappa shape index (κ3) is 3.25. The van der Waals surface area contributed by atoms with E-state index >= 15 is 0 Å². The summed E-state index contributed by atoms with van der Waals surface area (Å²) in [5.74, 6) is -1.89. The Morgan fingerprint density at radius 1 is 1.18 bits per heavy atom. The van der Waals surface area contributed by atoms with Gasteiger partial charge in [-0.15, -0.1) is 0 Å². The highest BCUT2D eigenvalue weighted by Crippen LogP contribution is 2.45. The molecule has 148 valence electrons. The Bertz CT molecular complexity index is 917. The van der Waals surface area contributed by atoms with Gasteiger partial charge >= 0.3 is 11.9 Å². The minimum atomic E-state index is -1.33. The van der Waals surface area contributed by atoms with E-state index in [0.29, 0.717) is 29.5 Å². The van der Waals surface area contributed by atoms with Gasteiger partial charge in [-0.2, -0.15) is 0 Å². The number of hydrogen-bond acceptors (Lipinski definition) is 6. The van der Waals surface area contributed by atoms with E-state index in [2.05, 4.69) is 4.99 Å².